The smallest absolute Gasteiger partial charge is 0.338 e. The maximum atomic E-state index is 13.4. The SMILES string of the molecule is O=C(O)c1ccnc(NCC(F)(F)C(F)F)c1F. The maximum absolute atomic E-state index is 13.4. The molecule has 0 radical (unpaired) electrons. The van der Waals surface area contributed by atoms with Crippen molar-refractivity contribution in [2.75, 3.05) is 11.9 Å². The molecule has 4 nitrogen and oxygen atoms in total. The van der Waals surface area contributed by atoms with Crippen molar-refractivity contribution in [2.45, 2.75) is 12.3 Å². The molecule has 0 saturated heterocycles. The third-order valence-corrected chi connectivity index (χ3v) is 1.93. The number of carbonyl (C=O) groups is 1. The zero-order valence-corrected chi connectivity index (χ0v) is 8.63. The molecule has 18 heavy (non-hydrogen) atoms. The molecule has 0 amide bonds. The summed E-state index contributed by atoms with van der Waals surface area (Å²) in [6.45, 7) is -1.56. The second-order valence-corrected chi connectivity index (χ2v) is 3.24. The minimum atomic E-state index is -4.37. The highest BCUT2D eigenvalue weighted by molar-refractivity contribution is 5.88. The second-order valence-electron chi connectivity index (χ2n) is 3.24. The second kappa shape index (κ2) is 5.15. The van der Waals surface area contributed by atoms with Crippen LogP contribution < -0.4 is 5.32 Å². The molecule has 2 N–H and O–H groups in total. The number of hydrogen-bond acceptors (Lipinski definition) is 3. The third kappa shape index (κ3) is 3.05. The van der Waals surface area contributed by atoms with E-state index in [1.165, 1.54) is 0 Å². The van der Waals surface area contributed by atoms with Crippen LogP contribution >= 0.6 is 0 Å². The fraction of sp³-hybridized carbons (Fsp3) is 0.333. The van der Waals surface area contributed by atoms with Crippen LogP contribution in [0.2, 0.25) is 0 Å². The molecule has 0 spiro atoms. The average Bonchev–Trinajstić information content (AvgIpc) is 2.27. The zero-order chi connectivity index (χ0) is 13.9. The molecule has 0 bridgehead atoms. The van der Waals surface area contributed by atoms with E-state index in [9.17, 15) is 26.7 Å². The molecule has 0 aliphatic rings. The van der Waals surface area contributed by atoms with Crippen LogP contribution in [0.25, 0.3) is 0 Å². The Hall–Kier alpha value is -1.93. The van der Waals surface area contributed by atoms with Crippen LogP contribution in [0.5, 0.6) is 0 Å². The Morgan fingerprint density at radius 3 is 2.61 bits per heavy atom. The summed E-state index contributed by atoms with van der Waals surface area (Å²) in [6.07, 6.45) is -3.06. The van der Waals surface area contributed by atoms with Crippen molar-refractivity contribution in [3.8, 4) is 0 Å². The minimum Gasteiger partial charge on any atom is -0.478 e. The van der Waals surface area contributed by atoms with Gasteiger partial charge in [0.05, 0.1) is 6.54 Å². The van der Waals surface area contributed by atoms with Crippen LogP contribution in [0.1, 0.15) is 10.4 Å². The topological polar surface area (TPSA) is 62.2 Å². The van der Waals surface area contributed by atoms with E-state index >= 15 is 0 Å². The lowest BCUT2D eigenvalue weighted by Gasteiger charge is -2.16. The van der Waals surface area contributed by atoms with Gasteiger partial charge in [0.15, 0.2) is 11.6 Å². The van der Waals surface area contributed by atoms with Crippen LogP contribution in [-0.2, 0) is 0 Å². The summed E-state index contributed by atoms with van der Waals surface area (Å²) in [6, 6.07) is 0.814. The van der Waals surface area contributed by atoms with Crippen molar-refractivity contribution < 1.29 is 31.9 Å². The van der Waals surface area contributed by atoms with Gasteiger partial charge in [0, 0.05) is 6.20 Å². The number of halogens is 5. The molecule has 1 aromatic rings. The first kappa shape index (κ1) is 14.1. The molecule has 0 atom stereocenters. The number of carboxylic acids is 1. The molecule has 0 aliphatic heterocycles. The van der Waals surface area contributed by atoms with Crippen LogP contribution in [0.4, 0.5) is 27.8 Å². The molecule has 0 fully saturated rings. The number of alkyl halides is 4. The zero-order valence-electron chi connectivity index (χ0n) is 8.63. The van der Waals surface area contributed by atoms with E-state index in [1.54, 1.807) is 5.32 Å². The summed E-state index contributed by atoms with van der Waals surface area (Å²) in [5, 5.41) is 10.2. The summed E-state index contributed by atoms with van der Waals surface area (Å²) in [7, 11) is 0. The minimum absolute atomic E-state index is 0.798. The summed E-state index contributed by atoms with van der Waals surface area (Å²) in [5.74, 6) is -8.21. The molecular formula is C9H7F5N2O2. The van der Waals surface area contributed by atoms with Crippen molar-refractivity contribution in [2.24, 2.45) is 0 Å². The number of nitrogens with one attached hydrogen (secondary N) is 1. The summed E-state index contributed by atoms with van der Waals surface area (Å²) in [5.41, 5.74) is -0.798. The van der Waals surface area contributed by atoms with Gasteiger partial charge in [-0.1, -0.05) is 0 Å². The molecule has 100 valence electrons. The van der Waals surface area contributed by atoms with E-state index in [0.29, 0.717) is 0 Å². The lowest BCUT2D eigenvalue weighted by Crippen LogP contribution is -2.35. The highest BCUT2D eigenvalue weighted by atomic mass is 19.3. The number of anilines is 1. The quantitative estimate of drug-likeness (QED) is 0.805. The number of nitrogens with zero attached hydrogens (tertiary/aromatic N) is 1. The molecule has 1 rings (SSSR count). The van der Waals surface area contributed by atoms with E-state index in [-0.39, 0.29) is 0 Å². The van der Waals surface area contributed by atoms with Crippen LogP contribution in [-0.4, -0.2) is 35.0 Å². The summed E-state index contributed by atoms with van der Waals surface area (Å²) < 4.78 is 62.1. The Kier molecular flexibility index (Phi) is 4.04. The van der Waals surface area contributed by atoms with Gasteiger partial charge in [-0.25, -0.2) is 22.9 Å². The van der Waals surface area contributed by atoms with Gasteiger partial charge in [-0.15, -0.1) is 0 Å². The van der Waals surface area contributed by atoms with Gasteiger partial charge in [0.2, 0.25) is 0 Å². The van der Waals surface area contributed by atoms with Gasteiger partial charge >= 0.3 is 18.3 Å². The molecule has 0 aliphatic carbocycles. The highest BCUT2D eigenvalue weighted by Gasteiger charge is 2.40. The van der Waals surface area contributed by atoms with Gasteiger partial charge in [-0.05, 0) is 6.07 Å². The highest BCUT2D eigenvalue weighted by Crippen LogP contribution is 2.24. The van der Waals surface area contributed by atoms with Crippen LogP contribution in [0, 0.1) is 5.82 Å². The van der Waals surface area contributed by atoms with Gasteiger partial charge in [0.1, 0.15) is 5.56 Å². The summed E-state index contributed by atoms with van der Waals surface area (Å²) in [4.78, 5) is 13.8. The Bertz CT molecular complexity index is 453. The summed E-state index contributed by atoms with van der Waals surface area (Å²) >= 11 is 0. The Morgan fingerprint density at radius 2 is 2.11 bits per heavy atom. The first-order valence-electron chi connectivity index (χ1n) is 4.53. The number of hydrogen-bond donors (Lipinski definition) is 2. The molecule has 9 heteroatoms. The number of carboxylic acid groups (broad SMARTS) is 1. The van der Waals surface area contributed by atoms with Crippen molar-refractivity contribution >= 4 is 11.8 Å². The normalized spacial score (nSPS) is 11.7. The molecule has 1 heterocycles. The fourth-order valence-electron chi connectivity index (χ4n) is 1.01. The maximum Gasteiger partial charge on any atom is 0.338 e. The average molecular weight is 270 g/mol. The number of aromatic nitrogens is 1. The van der Waals surface area contributed by atoms with Gasteiger partial charge < -0.3 is 10.4 Å². The van der Waals surface area contributed by atoms with E-state index in [2.05, 4.69) is 4.98 Å². The van der Waals surface area contributed by atoms with Crippen molar-refractivity contribution in [3.05, 3.63) is 23.6 Å². The Morgan fingerprint density at radius 1 is 1.50 bits per heavy atom. The molecule has 0 unspecified atom stereocenters. The van der Waals surface area contributed by atoms with Gasteiger partial charge in [-0.3, -0.25) is 0 Å². The monoisotopic (exact) mass is 270 g/mol. The van der Waals surface area contributed by atoms with E-state index < -0.39 is 42.1 Å². The fourth-order valence-corrected chi connectivity index (χ4v) is 1.01. The van der Waals surface area contributed by atoms with E-state index in [0.717, 1.165) is 12.3 Å². The lowest BCUT2D eigenvalue weighted by atomic mass is 10.2. The standard InChI is InChI=1S/C9H7F5N2O2/c10-5-4(7(17)18)1-2-15-6(5)16-3-9(13,14)8(11)12/h1-2,8H,3H2,(H,15,16)(H,17,18). The van der Waals surface area contributed by atoms with Crippen LogP contribution in [0.15, 0.2) is 12.3 Å². The Labute approximate surface area is 97.4 Å². The number of pyridine rings is 1. The predicted molar refractivity (Wildman–Crippen MR) is 50.6 cm³/mol. The first-order chi connectivity index (χ1) is 8.25. The molecule has 1 aromatic heterocycles. The molecule has 0 aromatic carbocycles. The lowest BCUT2D eigenvalue weighted by molar-refractivity contribution is -0.117. The number of rotatable bonds is 5. The number of aromatic carboxylic acids is 1. The Balaban J connectivity index is 2.87. The van der Waals surface area contributed by atoms with Crippen LogP contribution in [0.3, 0.4) is 0 Å². The predicted octanol–water partition coefficient (Wildman–Crippen LogP) is 2.23. The van der Waals surface area contributed by atoms with Crippen molar-refractivity contribution in [1.29, 1.82) is 0 Å². The largest absolute Gasteiger partial charge is 0.478 e. The first-order valence-corrected chi connectivity index (χ1v) is 4.53. The van der Waals surface area contributed by atoms with E-state index in [1.807, 2.05) is 0 Å². The molecular weight excluding hydrogens is 263 g/mol. The van der Waals surface area contributed by atoms with E-state index in [4.69, 9.17) is 5.11 Å². The third-order valence-electron chi connectivity index (χ3n) is 1.93. The molecule has 0 saturated carbocycles. The van der Waals surface area contributed by atoms with Gasteiger partial charge in [0.25, 0.3) is 0 Å². The van der Waals surface area contributed by atoms with Gasteiger partial charge in [-0.2, -0.15) is 8.78 Å². The van der Waals surface area contributed by atoms with Crippen molar-refractivity contribution in [3.63, 3.8) is 0 Å². The van der Waals surface area contributed by atoms with Crippen molar-refractivity contribution in [1.82, 2.24) is 4.98 Å².